The number of carboxylic acid groups (broad SMARTS) is 1. The molecule has 1 aromatic carbocycles. The van der Waals surface area contributed by atoms with Gasteiger partial charge in [0.2, 0.25) is 0 Å². The molecule has 1 fully saturated rings. The fourth-order valence-corrected chi connectivity index (χ4v) is 3.45. The molecule has 8 nitrogen and oxygen atoms in total. The summed E-state index contributed by atoms with van der Waals surface area (Å²) in [5.74, 6) is -1.93. The molecule has 2 aliphatic rings. The molecule has 0 atom stereocenters. The zero-order chi connectivity index (χ0) is 19.0. The molecule has 0 bridgehead atoms. The van der Waals surface area contributed by atoms with Crippen LogP contribution in [0.1, 0.15) is 50.8 Å². The number of benzene rings is 1. The van der Waals surface area contributed by atoms with Crippen molar-refractivity contribution in [3.63, 3.8) is 0 Å². The predicted octanol–water partition coefficient (Wildman–Crippen LogP) is 0.580. The quantitative estimate of drug-likeness (QED) is 0.720. The highest BCUT2D eigenvalue weighted by Crippen LogP contribution is 2.27. The Kier molecular flexibility index (Phi) is 4.78. The number of nitrogens with zero attached hydrogens (tertiary/aromatic N) is 2. The van der Waals surface area contributed by atoms with Crippen LogP contribution in [0, 0.1) is 0 Å². The van der Waals surface area contributed by atoms with Crippen LogP contribution in [-0.2, 0) is 4.79 Å². The fourth-order valence-electron chi connectivity index (χ4n) is 3.45. The Morgan fingerprint density at radius 1 is 1.23 bits per heavy atom. The molecular formula is C18H21N3O5. The average molecular weight is 359 g/mol. The first-order valence-electron chi connectivity index (χ1n) is 8.55. The normalized spacial score (nSPS) is 21.6. The number of hydrogen-bond donors (Lipinski definition) is 2. The van der Waals surface area contributed by atoms with E-state index in [-0.39, 0.29) is 36.0 Å². The lowest BCUT2D eigenvalue weighted by atomic mass is 9.85. The zero-order valence-electron chi connectivity index (χ0n) is 14.7. The first-order valence-corrected chi connectivity index (χ1v) is 8.55. The molecule has 1 aromatic rings. The van der Waals surface area contributed by atoms with Crippen molar-refractivity contribution in [3.8, 4) is 0 Å². The second kappa shape index (κ2) is 6.87. The Morgan fingerprint density at radius 2 is 1.88 bits per heavy atom. The van der Waals surface area contributed by atoms with Gasteiger partial charge in [-0.15, -0.1) is 0 Å². The highest BCUT2D eigenvalue weighted by molar-refractivity contribution is 6.21. The van der Waals surface area contributed by atoms with Crippen molar-refractivity contribution in [2.45, 2.75) is 31.8 Å². The number of imide groups is 1. The van der Waals surface area contributed by atoms with E-state index in [1.165, 1.54) is 25.2 Å². The fraction of sp³-hybridized carbons (Fsp3) is 0.444. The van der Waals surface area contributed by atoms with Crippen molar-refractivity contribution in [2.24, 2.45) is 0 Å². The van der Waals surface area contributed by atoms with Gasteiger partial charge in [0.05, 0.1) is 17.7 Å². The van der Waals surface area contributed by atoms with Crippen LogP contribution in [0.4, 0.5) is 0 Å². The minimum Gasteiger partial charge on any atom is -0.480 e. The summed E-state index contributed by atoms with van der Waals surface area (Å²) < 4.78 is 0. The van der Waals surface area contributed by atoms with E-state index in [1.807, 2.05) is 11.8 Å². The second-order valence-electron chi connectivity index (χ2n) is 6.68. The average Bonchev–Trinajstić information content (AvgIpc) is 2.79. The minimum atomic E-state index is -0.860. The van der Waals surface area contributed by atoms with E-state index in [1.54, 1.807) is 0 Å². The summed E-state index contributed by atoms with van der Waals surface area (Å²) in [7, 11) is 1.41. The van der Waals surface area contributed by atoms with Gasteiger partial charge in [-0.3, -0.25) is 29.0 Å². The lowest BCUT2D eigenvalue weighted by Crippen LogP contribution is -2.54. The summed E-state index contributed by atoms with van der Waals surface area (Å²) in [6.07, 6.45) is 1.38. The van der Waals surface area contributed by atoms with Crippen molar-refractivity contribution >= 4 is 23.7 Å². The van der Waals surface area contributed by atoms with Gasteiger partial charge in [0.1, 0.15) is 0 Å². The van der Waals surface area contributed by atoms with E-state index >= 15 is 0 Å². The number of rotatable bonds is 6. The van der Waals surface area contributed by atoms with Crippen LogP contribution in [0.15, 0.2) is 18.2 Å². The van der Waals surface area contributed by atoms with Crippen molar-refractivity contribution < 1.29 is 24.3 Å². The Labute approximate surface area is 150 Å². The van der Waals surface area contributed by atoms with Crippen LogP contribution in [-0.4, -0.2) is 70.8 Å². The molecule has 2 N–H and O–H groups in total. The van der Waals surface area contributed by atoms with Gasteiger partial charge >= 0.3 is 5.97 Å². The molecule has 0 unspecified atom stereocenters. The first kappa shape index (κ1) is 18.1. The molecule has 0 saturated heterocycles. The molecule has 1 aliphatic heterocycles. The molecule has 1 aliphatic carbocycles. The van der Waals surface area contributed by atoms with Gasteiger partial charge in [-0.2, -0.15) is 0 Å². The molecule has 0 aromatic heterocycles. The highest BCUT2D eigenvalue weighted by Gasteiger charge is 2.36. The molecule has 1 saturated carbocycles. The number of carbonyl (C=O) groups excluding carboxylic acids is 3. The lowest BCUT2D eigenvalue weighted by Gasteiger charge is -2.42. The molecule has 0 radical (unpaired) electrons. The molecule has 3 amide bonds. The summed E-state index contributed by atoms with van der Waals surface area (Å²) in [4.78, 5) is 50.1. The van der Waals surface area contributed by atoms with E-state index in [0.717, 1.165) is 4.90 Å². The van der Waals surface area contributed by atoms with Gasteiger partial charge < -0.3 is 10.4 Å². The topological polar surface area (TPSA) is 107 Å². The van der Waals surface area contributed by atoms with Crippen LogP contribution < -0.4 is 5.32 Å². The minimum absolute atomic E-state index is 0.00366. The smallest absolute Gasteiger partial charge is 0.317 e. The molecule has 3 rings (SSSR count). The highest BCUT2D eigenvalue weighted by atomic mass is 16.4. The molecule has 0 spiro atoms. The van der Waals surface area contributed by atoms with Crippen LogP contribution in [0.5, 0.6) is 0 Å². The molecule has 1 heterocycles. The third kappa shape index (κ3) is 3.20. The summed E-state index contributed by atoms with van der Waals surface area (Å²) in [5.41, 5.74) is 0.891. The predicted molar refractivity (Wildman–Crippen MR) is 92.0 cm³/mol. The first-order chi connectivity index (χ1) is 12.3. The van der Waals surface area contributed by atoms with E-state index in [2.05, 4.69) is 5.32 Å². The van der Waals surface area contributed by atoms with E-state index in [0.29, 0.717) is 30.5 Å². The number of carbonyl (C=O) groups is 4. The van der Waals surface area contributed by atoms with Gasteiger partial charge in [0.15, 0.2) is 0 Å². The van der Waals surface area contributed by atoms with Crippen LogP contribution >= 0.6 is 0 Å². The Hall–Kier alpha value is -2.74. The summed E-state index contributed by atoms with van der Waals surface area (Å²) in [5, 5.41) is 11.8. The summed E-state index contributed by atoms with van der Waals surface area (Å²) in [6, 6.07) is 4.62. The van der Waals surface area contributed by atoms with Gasteiger partial charge in [0.25, 0.3) is 17.7 Å². The Balaban J connectivity index is 1.60. The number of nitrogens with one attached hydrogen (secondary N) is 1. The van der Waals surface area contributed by atoms with Crippen LogP contribution in [0.3, 0.4) is 0 Å². The Bertz CT molecular complexity index is 785. The summed E-state index contributed by atoms with van der Waals surface area (Å²) >= 11 is 0. The maximum absolute atomic E-state index is 12.4. The number of aliphatic carboxylic acids is 1. The van der Waals surface area contributed by atoms with Gasteiger partial charge in [-0.25, -0.2) is 0 Å². The molecule has 138 valence electrons. The van der Waals surface area contributed by atoms with Crippen LogP contribution in [0.25, 0.3) is 0 Å². The van der Waals surface area contributed by atoms with Crippen molar-refractivity contribution in [1.82, 2.24) is 15.1 Å². The lowest BCUT2D eigenvalue weighted by molar-refractivity contribution is -0.139. The van der Waals surface area contributed by atoms with Crippen molar-refractivity contribution in [3.05, 3.63) is 34.9 Å². The van der Waals surface area contributed by atoms with Gasteiger partial charge in [0, 0.05) is 24.7 Å². The SMILES string of the molecule is CCN(CC(=O)O)C1CC(NC(=O)c2ccc3c(c2)C(=O)N(C)C3=O)C1. The maximum atomic E-state index is 12.4. The number of carboxylic acids is 1. The van der Waals surface area contributed by atoms with Gasteiger partial charge in [-0.05, 0) is 37.6 Å². The third-order valence-electron chi connectivity index (χ3n) is 5.06. The van der Waals surface area contributed by atoms with Crippen LogP contribution in [0.2, 0.25) is 0 Å². The second-order valence-corrected chi connectivity index (χ2v) is 6.68. The molecule has 8 heteroatoms. The number of likely N-dealkylation sites (N-methyl/N-ethyl adjacent to an activating group) is 1. The standard InChI is InChI=1S/C18H21N3O5/c1-3-21(9-15(22)23)12-7-11(8-12)19-16(24)10-4-5-13-14(6-10)18(26)20(2)17(13)25/h4-6,11-12H,3,7-9H2,1-2H3,(H,19,24)(H,22,23). The van der Waals surface area contributed by atoms with E-state index in [4.69, 9.17) is 5.11 Å². The van der Waals surface area contributed by atoms with Crippen molar-refractivity contribution in [1.29, 1.82) is 0 Å². The summed E-state index contributed by atoms with van der Waals surface area (Å²) in [6.45, 7) is 2.55. The number of amides is 3. The number of hydrogen-bond acceptors (Lipinski definition) is 5. The van der Waals surface area contributed by atoms with Gasteiger partial charge in [-0.1, -0.05) is 6.92 Å². The van der Waals surface area contributed by atoms with E-state index in [9.17, 15) is 19.2 Å². The Morgan fingerprint density at radius 3 is 2.50 bits per heavy atom. The molecular weight excluding hydrogens is 338 g/mol. The number of fused-ring (bicyclic) bond motifs is 1. The molecule has 26 heavy (non-hydrogen) atoms. The zero-order valence-corrected chi connectivity index (χ0v) is 14.7. The maximum Gasteiger partial charge on any atom is 0.317 e. The van der Waals surface area contributed by atoms with Crippen molar-refractivity contribution in [2.75, 3.05) is 20.1 Å². The third-order valence-corrected chi connectivity index (χ3v) is 5.06. The monoisotopic (exact) mass is 359 g/mol. The largest absolute Gasteiger partial charge is 0.480 e. The van der Waals surface area contributed by atoms with E-state index < -0.39 is 11.9 Å².